The first kappa shape index (κ1) is 15.3. The van der Waals surface area contributed by atoms with Crippen LogP contribution >= 0.6 is 0 Å². The Kier molecular flexibility index (Phi) is 3.93. The van der Waals surface area contributed by atoms with E-state index in [0.717, 1.165) is 12.1 Å². The van der Waals surface area contributed by atoms with Crippen molar-refractivity contribution < 1.29 is 27.2 Å². The molecule has 0 spiro atoms. The van der Waals surface area contributed by atoms with Gasteiger partial charge in [0.1, 0.15) is 23.9 Å². The van der Waals surface area contributed by atoms with Crippen LogP contribution in [0.2, 0.25) is 0 Å². The number of alkyl halides is 3. The highest BCUT2D eigenvalue weighted by molar-refractivity contribution is 5.97. The summed E-state index contributed by atoms with van der Waals surface area (Å²) in [5, 5.41) is 11.0. The zero-order valence-corrected chi connectivity index (χ0v) is 10.7. The van der Waals surface area contributed by atoms with Gasteiger partial charge < -0.3 is 15.8 Å². The van der Waals surface area contributed by atoms with Crippen LogP contribution in [0.4, 0.5) is 27.6 Å². The van der Waals surface area contributed by atoms with Gasteiger partial charge in [0, 0.05) is 11.6 Å². The molecule has 1 aliphatic carbocycles. The predicted molar refractivity (Wildman–Crippen MR) is 65.3 cm³/mol. The monoisotopic (exact) mass is 309 g/mol. The molecule has 0 bridgehead atoms. The van der Waals surface area contributed by atoms with Crippen LogP contribution in [0.1, 0.15) is 18.4 Å². The van der Waals surface area contributed by atoms with Crippen molar-refractivity contribution >= 4 is 11.5 Å². The number of hydrogen-bond donors (Lipinski definition) is 2. The fraction of sp³-hybridized carbons (Fsp3) is 0.417. The van der Waals surface area contributed by atoms with Crippen molar-refractivity contribution in [2.24, 2.45) is 10.9 Å². The first-order valence-corrected chi connectivity index (χ1v) is 6.03. The maximum Gasteiger partial charge on any atom is 0.405 e. The number of anilines is 1. The average molecular weight is 309 g/mol. The van der Waals surface area contributed by atoms with Gasteiger partial charge in [-0.25, -0.2) is 8.78 Å². The summed E-state index contributed by atoms with van der Waals surface area (Å²) < 4.78 is 65.6. The van der Waals surface area contributed by atoms with Gasteiger partial charge in [0.05, 0.1) is 0 Å². The van der Waals surface area contributed by atoms with Gasteiger partial charge in [-0.15, -0.1) is 0 Å². The summed E-state index contributed by atoms with van der Waals surface area (Å²) in [7, 11) is 0. The molecule has 1 aromatic rings. The quantitative estimate of drug-likeness (QED) is 0.295. The van der Waals surface area contributed by atoms with Gasteiger partial charge in [-0.3, -0.25) is 0 Å². The van der Waals surface area contributed by atoms with E-state index in [9.17, 15) is 22.0 Å². The second-order valence-corrected chi connectivity index (χ2v) is 4.75. The van der Waals surface area contributed by atoms with E-state index in [1.807, 2.05) is 0 Å². The predicted octanol–water partition coefficient (Wildman–Crippen LogP) is 2.59. The highest BCUT2D eigenvalue weighted by Gasteiger charge is 2.40. The Balaban J connectivity index is 2.42. The molecule has 3 N–H and O–H groups in total. The molecule has 21 heavy (non-hydrogen) atoms. The highest BCUT2D eigenvalue weighted by atomic mass is 19.4. The van der Waals surface area contributed by atoms with Crippen LogP contribution in [0.15, 0.2) is 17.3 Å². The Bertz CT molecular complexity index is 545. The smallest absolute Gasteiger partial charge is 0.405 e. The molecule has 0 unspecified atom stereocenters. The molecule has 1 aromatic carbocycles. The van der Waals surface area contributed by atoms with E-state index in [2.05, 4.69) is 5.16 Å². The van der Waals surface area contributed by atoms with Crippen LogP contribution in [0, 0.1) is 11.6 Å². The third-order valence-corrected chi connectivity index (χ3v) is 3.04. The first-order chi connectivity index (χ1) is 9.73. The van der Waals surface area contributed by atoms with Gasteiger partial charge >= 0.3 is 6.18 Å². The van der Waals surface area contributed by atoms with Crippen LogP contribution in [0.5, 0.6) is 0 Å². The lowest BCUT2D eigenvalue weighted by molar-refractivity contribution is -0.120. The molecule has 4 nitrogen and oxygen atoms in total. The molecule has 2 rings (SSSR count). The molecular formula is C12H12F5N3O. The lowest BCUT2D eigenvalue weighted by atomic mass is 10.1. The largest absolute Gasteiger partial charge is 0.409 e. The summed E-state index contributed by atoms with van der Waals surface area (Å²) in [6.07, 6.45) is -3.69. The molecule has 0 radical (unpaired) electrons. The number of rotatable bonds is 4. The summed E-state index contributed by atoms with van der Waals surface area (Å²) in [5.41, 5.74) is 4.21. The Hall–Kier alpha value is -2.06. The fourth-order valence-electron chi connectivity index (χ4n) is 2.02. The molecule has 1 aliphatic rings. The van der Waals surface area contributed by atoms with Gasteiger partial charge in [0.25, 0.3) is 0 Å². The zero-order chi connectivity index (χ0) is 15.8. The van der Waals surface area contributed by atoms with Crippen LogP contribution in [0.3, 0.4) is 0 Å². The molecule has 116 valence electrons. The molecule has 0 aliphatic heterocycles. The molecule has 1 saturated carbocycles. The minimum atomic E-state index is -4.58. The van der Waals surface area contributed by atoms with E-state index < -0.39 is 41.9 Å². The van der Waals surface area contributed by atoms with Crippen LogP contribution in [0.25, 0.3) is 0 Å². The van der Waals surface area contributed by atoms with Crippen LogP contribution < -0.4 is 10.6 Å². The second-order valence-electron chi connectivity index (χ2n) is 4.75. The lowest BCUT2D eigenvalue weighted by Gasteiger charge is -2.26. The number of halogens is 5. The van der Waals surface area contributed by atoms with Gasteiger partial charge in [-0.2, -0.15) is 13.2 Å². The lowest BCUT2D eigenvalue weighted by Crippen LogP contribution is -2.37. The van der Waals surface area contributed by atoms with Gasteiger partial charge in [-0.1, -0.05) is 5.16 Å². The van der Waals surface area contributed by atoms with E-state index in [4.69, 9.17) is 10.9 Å². The van der Waals surface area contributed by atoms with E-state index in [0.29, 0.717) is 17.7 Å². The van der Waals surface area contributed by atoms with Crippen molar-refractivity contribution in [1.29, 1.82) is 0 Å². The van der Waals surface area contributed by atoms with Crippen molar-refractivity contribution in [3.63, 3.8) is 0 Å². The van der Waals surface area contributed by atoms with Crippen molar-refractivity contribution in [3.05, 3.63) is 29.3 Å². The van der Waals surface area contributed by atoms with Crippen LogP contribution in [-0.2, 0) is 0 Å². The maximum absolute atomic E-state index is 14.0. The van der Waals surface area contributed by atoms with E-state index >= 15 is 0 Å². The zero-order valence-electron chi connectivity index (χ0n) is 10.7. The number of nitrogens with zero attached hydrogens (tertiary/aromatic N) is 2. The summed E-state index contributed by atoms with van der Waals surface area (Å²) in [6.45, 7) is -1.44. The van der Waals surface area contributed by atoms with Crippen molar-refractivity contribution in [1.82, 2.24) is 0 Å². The van der Waals surface area contributed by atoms with Gasteiger partial charge in [0.2, 0.25) is 0 Å². The third-order valence-electron chi connectivity index (χ3n) is 3.04. The number of oxime groups is 1. The SMILES string of the molecule is N/C(=N/O)c1cc(F)c(N(CC(F)(F)F)C2CC2)c(F)c1. The number of nitrogens with two attached hydrogens (primary N) is 1. The van der Waals surface area contributed by atoms with Crippen LogP contribution in [-0.4, -0.2) is 29.8 Å². The van der Waals surface area contributed by atoms with E-state index in [1.165, 1.54) is 0 Å². The Morgan fingerprint density at radius 1 is 1.29 bits per heavy atom. The number of hydrogen-bond acceptors (Lipinski definition) is 3. The topological polar surface area (TPSA) is 61.9 Å². The summed E-state index contributed by atoms with van der Waals surface area (Å²) in [6, 6.07) is 0.934. The number of benzene rings is 1. The molecule has 0 aromatic heterocycles. The number of amidine groups is 1. The average Bonchev–Trinajstić information content (AvgIpc) is 3.18. The minimum Gasteiger partial charge on any atom is -0.409 e. The van der Waals surface area contributed by atoms with Crippen molar-refractivity contribution in [2.45, 2.75) is 25.1 Å². The summed E-state index contributed by atoms with van der Waals surface area (Å²) >= 11 is 0. The minimum absolute atomic E-state index is 0.251. The molecule has 1 fully saturated rings. The van der Waals surface area contributed by atoms with E-state index in [1.54, 1.807) is 0 Å². The normalized spacial score (nSPS) is 16.1. The highest BCUT2D eigenvalue weighted by Crippen LogP contribution is 2.37. The van der Waals surface area contributed by atoms with Crippen molar-refractivity contribution in [2.75, 3.05) is 11.4 Å². The molecule has 0 saturated heterocycles. The Labute approximate surface area is 116 Å². The molecule has 0 heterocycles. The first-order valence-electron chi connectivity index (χ1n) is 6.03. The van der Waals surface area contributed by atoms with Gasteiger partial charge in [-0.05, 0) is 25.0 Å². The second kappa shape index (κ2) is 5.38. The standard InChI is InChI=1S/C12H12F5N3O/c13-8-3-6(11(18)19-21)4-9(14)10(8)20(7-1-2-7)5-12(15,16)17/h3-4,7,21H,1-2,5H2,(H2,18,19). The third kappa shape index (κ3) is 3.53. The summed E-state index contributed by atoms with van der Waals surface area (Å²) in [5.74, 6) is -2.91. The molecule has 0 amide bonds. The summed E-state index contributed by atoms with van der Waals surface area (Å²) in [4.78, 5) is 0.667. The molecular weight excluding hydrogens is 297 g/mol. The van der Waals surface area contributed by atoms with Gasteiger partial charge in [0.15, 0.2) is 5.84 Å². The molecule has 0 atom stereocenters. The maximum atomic E-state index is 14.0. The van der Waals surface area contributed by atoms with E-state index in [-0.39, 0.29) is 5.56 Å². The van der Waals surface area contributed by atoms with Crippen molar-refractivity contribution in [3.8, 4) is 0 Å². The molecule has 9 heteroatoms. The fourth-order valence-corrected chi connectivity index (χ4v) is 2.02. The Morgan fingerprint density at radius 2 is 1.81 bits per heavy atom. The Morgan fingerprint density at radius 3 is 2.19 bits per heavy atom.